The molecule has 26 heavy (non-hydrogen) atoms. The number of halogens is 1. The monoisotopic (exact) mass is 376 g/mol. The number of carbonyl (C=O) groups is 1. The second kappa shape index (κ2) is 7.86. The van der Waals surface area contributed by atoms with Crippen molar-refractivity contribution in [2.45, 2.75) is 30.6 Å². The van der Waals surface area contributed by atoms with Crippen molar-refractivity contribution in [3.8, 4) is 0 Å². The van der Waals surface area contributed by atoms with Crippen molar-refractivity contribution in [3.05, 3.63) is 59.9 Å². The third-order valence-electron chi connectivity index (χ3n) is 4.38. The highest BCUT2D eigenvalue weighted by Crippen LogP contribution is 2.19. The van der Waals surface area contributed by atoms with E-state index in [1.165, 1.54) is 36.4 Å². The van der Waals surface area contributed by atoms with Crippen LogP contribution in [0.25, 0.3) is 0 Å². The Morgan fingerprint density at radius 2 is 1.62 bits per heavy atom. The van der Waals surface area contributed by atoms with Crippen LogP contribution in [-0.4, -0.2) is 32.3 Å². The van der Waals surface area contributed by atoms with E-state index in [0.717, 1.165) is 25.7 Å². The van der Waals surface area contributed by atoms with Crippen LogP contribution in [0, 0.1) is 5.82 Å². The highest BCUT2D eigenvalue weighted by molar-refractivity contribution is 7.92. The molecule has 2 aromatic rings. The molecule has 0 saturated carbocycles. The number of benzene rings is 2. The maximum absolute atomic E-state index is 13.0. The number of amides is 1. The lowest BCUT2D eigenvalue weighted by atomic mass is 10.2. The predicted molar refractivity (Wildman–Crippen MR) is 98.0 cm³/mol. The Labute approximate surface area is 152 Å². The normalized spacial score (nSPS) is 15.3. The quantitative estimate of drug-likeness (QED) is 0.886. The van der Waals surface area contributed by atoms with Gasteiger partial charge in [-0.15, -0.1) is 0 Å². The summed E-state index contributed by atoms with van der Waals surface area (Å²) in [5, 5.41) is 0. The Morgan fingerprint density at radius 1 is 0.962 bits per heavy atom. The van der Waals surface area contributed by atoms with E-state index in [-0.39, 0.29) is 16.5 Å². The highest BCUT2D eigenvalue weighted by Gasteiger charge is 2.20. The zero-order valence-corrected chi connectivity index (χ0v) is 15.1. The van der Waals surface area contributed by atoms with Crippen molar-refractivity contribution in [3.63, 3.8) is 0 Å². The minimum Gasteiger partial charge on any atom is -0.339 e. The van der Waals surface area contributed by atoms with Crippen molar-refractivity contribution in [2.24, 2.45) is 0 Å². The first kappa shape index (κ1) is 18.4. The van der Waals surface area contributed by atoms with Crippen LogP contribution in [0.3, 0.4) is 0 Å². The summed E-state index contributed by atoms with van der Waals surface area (Å²) in [6, 6.07) is 11.1. The molecule has 0 bridgehead atoms. The Kier molecular flexibility index (Phi) is 5.56. The largest absolute Gasteiger partial charge is 0.339 e. The van der Waals surface area contributed by atoms with Gasteiger partial charge in [-0.05, 0) is 55.3 Å². The second-order valence-corrected chi connectivity index (χ2v) is 8.03. The summed E-state index contributed by atoms with van der Waals surface area (Å²) in [6.07, 6.45) is 4.16. The van der Waals surface area contributed by atoms with Gasteiger partial charge in [0.05, 0.1) is 4.90 Å². The summed E-state index contributed by atoms with van der Waals surface area (Å²) >= 11 is 0. The molecule has 0 aromatic heterocycles. The van der Waals surface area contributed by atoms with Crippen LogP contribution in [-0.2, 0) is 10.0 Å². The molecule has 0 aliphatic carbocycles. The van der Waals surface area contributed by atoms with E-state index in [0.29, 0.717) is 18.7 Å². The number of hydrogen-bond donors (Lipinski definition) is 1. The van der Waals surface area contributed by atoms with E-state index in [2.05, 4.69) is 4.72 Å². The lowest BCUT2D eigenvalue weighted by Crippen LogP contribution is -2.32. The van der Waals surface area contributed by atoms with Gasteiger partial charge in [-0.25, -0.2) is 12.8 Å². The van der Waals surface area contributed by atoms with Crippen molar-refractivity contribution in [1.29, 1.82) is 0 Å². The van der Waals surface area contributed by atoms with Gasteiger partial charge in [0.2, 0.25) is 0 Å². The van der Waals surface area contributed by atoms with E-state index in [1.54, 1.807) is 17.0 Å². The Morgan fingerprint density at radius 3 is 2.27 bits per heavy atom. The molecule has 0 atom stereocenters. The number of carbonyl (C=O) groups excluding carboxylic acids is 1. The summed E-state index contributed by atoms with van der Waals surface area (Å²) in [5.41, 5.74) is 0.615. The fourth-order valence-electron chi connectivity index (χ4n) is 2.98. The first-order chi connectivity index (χ1) is 12.5. The Hall–Kier alpha value is -2.41. The molecular weight excluding hydrogens is 355 g/mol. The van der Waals surface area contributed by atoms with Crippen LogP contribution in [0.1, 0.15) is 36.0 Å². The van der Waals surface area contributed by atoms with Crippen molar-refractivity contribution in [2.75, 3.05) is 17.8 Å². The molecule has 1 heterocycles. The molecule has 1 amide bonds. The number of hydrogen-bond acceptors (Lipinski definition) is 3. The Bertz CT molecular complexity index is 874. The van der Waals surface area contributed by atoms with Crippen LogP contribution in [0.15, 0.2) is 53.4 Å². The summed E-state index contributed by atoms with van der Waals surface area (Å²) in [7, 11) is -3.86. The smallest absolute Gasteiger partial charge is 0.261 e. The fourth-order valence-corrected chi connectivity index (χ4v) is 4.09. The molecule has 1 aliphatic rings. The SMILES string of the molecule is O=C(c1cccc(S(=O)(=O)Nc2ccc(F)cc2)c1)N1CCCCCC1. The van der Waals surface area contributed by atoms with Crippen LogP contribution in [0.4, 0.5) is 10.1 Å². The average molecular weight is 376 g/mol. The third-order valence-corrected chi connectivity index (χ3v) is 5.76. The zero-order valence-electron chi connectivity index (χ0n) is 14.3. The van der Waals surface area contributed by atoms with Gasteiger partial charge in [-0.3, -0.25) is 9.52 Å². The first-order valence-electron chi connectivity index (χ1n) is 8.63. The van der Waals surface area contributed by atoms with E-state index >= 15 is 0 Å². The highest BCUT2D eigenvalue weighted by atomic mass is 32.2. The average Bonchev–Trinajstić information content (AvgIpc) is 2.92. The molecule has 1 aliphatic heterocycles. The topological polar surface area (TPSA) is 66.5 Å². The summed E-state index contributed by atoms with van der Waals surface area (Å²) in [5.74, 6) is -0.594. The maximum atomic E-state index is 13.0. The minimum absolute atomic E-state index is 0.00231. The molecule has 2 aromatic carbocycles. The Balaban J connectivity index is 1.81. The number of likely N-dealkylation sites (tertiary alicyclic amines) is 1. The second-order valence-electron chi connectivity index (χ2n) is 6.35. The lowest BCUT2D eigenvalue weighted by molar-refractivity contribution is 0.0761. The van der Waals surface area contributed by atoms with Gasteiger partial charge in [-0.1, -0.05) is 18.9 Å². The molecule has 1 N–H and O–H groups in total. The number of nitrogens with zero attached hydrogens (tertiary/aromatic N) is 1. The summed E-state index contributed by atoms with van der Waals surface area (Å²) in [6.45, 7) is 1.40. The number of nitrogens with one attached hydrogen (secondary N) is 1. The first-order valence-corrected chi connectivity index (χ1v) is 10.1. The molecule has 0 spiro atoms. The third kappa shape index (κ3) is 4.40. The van der Waals surface area contributed by atoms with Gasteiger partial charge in [0.1, 0.15) is 5.82 Å². The number of sulfonamides is 1. The van der Waals surface area contributed by atoms with Gasteiger partial charge < -0.3 is 4.90 Å². The molecule has 0 radical (unpaired) electrons. The van der Waals surface area contributed by atoms with Gasteiger partial charge in [0, 0.05) is 24.3 Å². The van der Waals surface area contributed by atoms with E-state index in [9.17, 15) is 17.6 Å². The molecule has 3 rings (SSSR count). The van der Waals surface area contributed by atoms with Crippen molar-refractivity contribution >= 4 is 21.6 Å². The molecular formula is C19H21FN2O3S. The standard InChI is InChI=1S/C19H21FN2O3S/c20-16-8-10-17(11-9-16)21-26(24,25)18-7-5-6-15(14-18)19(23)22-12-3-1-2-4-13-22/h5-11,14,21H,1-4,12-13H2. The lowest BCUT2D eigenvalue weighted by Gasteiger charge is -2.20. The van der Waals surface area contributed by atoms with E-state index in [4.69, 9.17) is 0 Å². The molecule has 0 unspecified atom stereocenters. The zero-order chi connectivity index (χ0) is 18.6. The van der Waals surface area contributed by atoms with Crippen LogP contribution in [0.2, 0.25) is 0 Å². The van der Waals surface area contributed by atoms with Crippen molar-refractivity contribution in [1.82, 2.24) is 4.90 Å². The molecule has 138 valence electrons. The molecule has 1 fully saturated rings. The molecule has 7 heteroatoms. The van der Waals surface area contributed by atoms with E-state index < -0.39 is 15.8 Å². The summed E-state index contributed by atoms with van der Waals surface area (Å²) < 4.78 is 40.5. The van der Waals surface area contributed by atoms with Gasteiger partial charge in [-0.2, -0.15) is 0 Å². The van der Waals surface area contributed by atoms with Crippen LogP contribution < -0.4 is 4.72 Å². The summed E-state index contributed by atoms with van der Waals surface area (Å²) in [4.78, 5) is 14.5. The maximum Gasteiger partial charge on any atom is 0.261 e. The van der Waals surface area contributed by atoms with Crippen LogP contribution in [0.5, 0.6) is 0 Å². The molecule has 1 saturated heterocycles. The van der Waals surface area contributed by atoms with Crippen molar-refractivity contribution < 1.29 is 17.6 Å². The van der Waals surface area contributed by atoms with Gasteiger partial charge in [0.15, 0.2) is 0 Å². The predicted octanol–water partition coefficient (Wildman–Crippen LogP) is 3.64. The van der Waals surface area contributed by atoms with Gasteiger partial charge >= 0.3 is 0 Å². The fraction of sp³-hybridized carbons (Fsp3) is 0.316. The van der Waals surface area contributed by atoms with Crippen LogP contribution >= 0.6 is 0 Å². The van der Waals surface area contributed by atoms with E-state index in [1.807, 2.05) is 0 Å². The van der Waals surface area contributed by atoms with Gasteiger partial charge in [0.25, 0.3) is 15.9 Å². The number of rotatable bonds is 4. The minimum atomic E-state index is -3.86. The molecule has 5 nitrogen and oxygen atoms in total. The number of anilines is 1.